The Labute approximate surface area is 184 Å². The molecule has 0 aliphatic carbocycles. The molecular formula is C25H41N5. The third-order valence-corrected chi connectivity index (χ3v) is 4.56. The van der Waals surface area contributed by atoms with Gasteiger partial charge in [-0.25, -0.2) is 4.98 Å². The number of likely N-dealkylation sites (tertiary alicyclic amines) is 1. The van der Waals surface area contributed by atoms with Crippen molar-refractivity contribution in [1.82, 2.24) is 9.88 Å². The molecule has 1 aromatic rings. The number of anilines is 2. The van der Waals surface area contributed by atoms with E-state index in [1.807, 2.05) is 26.8 Å². The number of rotatable bonds is 8. The summed E-state index contributed by atoms with van der Waals surface area (Å²) in [6, 6.07) is 4.04. The highest BCUT2D eigenvalue weighted by Crippen LogP contribution is 2.26. The van der Waals surface area contributed by atoms with Crippen LogP contribution in [0.2, 0.25) is 0 Å². The van der Waals surface area contributed by atoms with Crippen LogP contribution in [0.4, 0.5) is 11.5 Å². The van der Waals surface area contributed by atoms with Gasteiger partial charge in [0.1, 0.15) is 5.82 Å². The van der Waals surface area contributed by atoms with E-state index in [2.05, 4.69) is 54.4 Å². The molecule has 0 atom stereocenters. The second-order valence-corrected chi connectivity index (χ2v) is 6.79. The lowest BCUT2D eigenvalue weighted by Crippen LogP contribution is -2.23. The summed E-state index contributed by atoms with van der Waals surface area (Å²) < 4.78 is 0. The Kier molecular flexibility index (Phi) is 13.7. The summed E-state index contributed by atoms with van der Waals surface area (Å²) in [5.41, 5.74) is 10.7. The first-order valence-corrected chi connectivity index (χ1v) is 10.8. The molecule has 5 nitrogen and oxygen atoms in total. The quantitative estimate of drug-likeness (QED) is 0.411. The van der Waals surface area contributed by atoms with Crippen LogP contribution in [-0.2, 0) is 0 Å². The fourth-order valence-corrected chi connectivity index (χ4v) is 3.05. The van der Waals surface area contributed by atoms with Crippen LogP contribution in [0.5, 0.6) is 0 Å². The normalized spacial score (nSPS) is 12.7. The highest BCUT2D eigenvalue weighted by Gasteiger charge is 2.17. The molecule has 1 aliphatic rings. The summed E-state index contributed by atoms with van der Waals surface area (Å²) in [4.78, 5) is 9.02. The molecule has 1 saturated heterocycles. The van der Waals surface area contributed by atoms with E-state index in [-0.39, 0.29) is 0 Å². The summed E-state index contributed by atoms with van der Waals surface area (Å²) in [6.07, 6.45) is 7.16. The highest BCUT2D eigenvalue weighted by atomic mass is 15.2. The SMILES string of the molecule is C=C(c1cc(N(CC)CC)cc(N)n1)N1CCCC1.C=C/C(C=N)=C\C(=C)C.CC. The third-order valence-electron chi connectivity index (χ3n) is 4.56. The van der Waals surface area contributed by atoms with Gasteiger partial charge in [0.05, 0.1) is 11.4 Å². The fraction of sp³-hybridized carbons (Fsp3) is 0.440. The lowest BCUT2D eigenvalue weighted by molar-refractivity contribution is 0.492. The van der Waals surface area contributed by atoms with Gasteiger partial charge >= 0.3 is 0 Å². The molecule has 1 aliphatic heterocycles. The van der Waals surface area contributed by atoms with Gasteiger partial charge in [-0.3, -0.25) is 0 Å². The van der Waals surface area contributed by atoms with Gasteiger partial charge in [-0.2, -0.15) is 0 Å². The maximum Gasteiger partial charge on any atom is 0.126 e. The van der Waals surface area contributed by atoms with Gasteiger partial charge in [-0.1, -0.05) is 51.3 Å². The van der Waals surface area contributed by atoms with Crippen molar-refractivity contribution in [2.24, 2.45) is 0 Å². The average Bonchev–Trinajstić information content (AvgIpc) is 3.28. The van der Waals surface area contributed by atoms with Crippen LogP contribution < -0.4 is 10.6 Å². The van der Waals surface area contributed by atoms with Crippen LogP contribution >= 0.6 is 0 Å². The molecule has 5 heteroatoms. The van der Waals surface area contributed by atoms with Crippen molar-refractivity contribution in [3.63, 3.8) is 0 Å². The number of nitrogens with zero attached hydrogens (tertiary/aromatic N) is 3. The van der Waals surface area contributed by atoms with E-state index in [9.17, 15) is 0 Å². The van der Waals surface area contributed by atoms with Crippen LogP contribution in [0.3, 0.4) is 0 Å². The first-order chi connectivity index (χ1) is 14.4. The minimum absolute atomic E-state index is 0.569. The summed E-state index contributed by atoms with van der Waals surface area (Å²) in [5.74, 6) is 0.569. The second kappa shape index (κ2) is 15.1. The van der Waals surface area contributed by atoms with E-state index >= 15 is 0 Å². The standard InChI is InChI=1S/C15H24N4.C8H11N.C2H6/c1-4-18(5-2)13-10-14(17-15(16)11-13)12(3)19-8-6-7-9-19;1-4-8(6-9)5-7(2)3;1-2/h10-11H,3-9H2,1-2H3,(H2,16,17);4-6,9H,1-2H2,3H3;1-2H3/b;8-5+,9-6?;. The Morgan fingerprint density at radius 2 is 1.77 bits per heavy atom. The van der Waals surface area contributed by atoms with Crippen molar-refractivity contribution < 1.29 is 0 Å². The summed E-state index contributed by atoms with van der Waals surface area (Å²) in [7, 11) is 0. The number of pyridine rings is 1. The van der Waals surface area contributed by atoms with Gasteiger partial charge in [0.2, 0.25) is 0 Å². The van der Waals surface area contributed by atoms with Crippen LogP contribution in [0.25, 0.3) is 5.70 Å². The molecule has 2 rings (SSSR count). The molecule has 2 heterocycles. The maximum absolute atomic E-state index is 6.85. The van der Waals surface area contributed by atoms with E-state index in [1.54, 1.807) is 12.2 Å². The first kappa shape index (κ1) is 27.2. The van der Waals surface area contributed by atoms with Crippen LogP contribution in [-0.4, -0.2) is 42.3 Å². The number of nitrogen functional groups attached to an aromatic ring is 1. The summed E-state index contributed by atoms with van der Waals surface area (Å²) in [6.45, 7) is 25.6. The number of hydrogen-bond acceptors (Lipinski definition) is 5. The topological polar surface area (TPSA) is 69.2 Å². The zero-order valence-electron chi connectivity index (χ0n) is 19.7. The molecule has 0 bridgehead atoms. The van der Waals surface area contributed by atoms with Crippen LogP contribution in [0.15, 0.2) is 55.2 Å². The minimum atomic E-state index is 0.569. The molecule has 3 N–H and O–H groups in total. The number of nitrogens with two attached hydrogens (primary N) is 1. The number of allylic oxidation sites excluding steroid dienone is 4. The Hall–Kier alpha value is -2.82. The van der Waals surface area contributed by atoms with Crippen molar-refractivity contribution in [2.45, 2.75) is 47.5 Å². The molecule has 0 aromatic carbocycles. The van der Waals surface area contributed by atoms with Gasteiger partial charge in [0, 0.05) is 44.1 Å². The van der Waals surface area contributed by atoms with Gasteiger partial charge in [0.25, 0.3) is 0 Å². The molecule has 166 valence electrons. The van der Waals surface area contributed by atoms with E-state index < -0.39 is 0 Å². The molecule has 0 unspecified atom stereocenters. The molecule has 0 spiro atoms. The van der Waals surface area contributed by atoms with E-state index in [4.69, 9.17) is 11.1 Å². The van der Waals surface area contributed by atoms with Gasteiger partial charge in [-0.15, -0.1) is 0 Å². The Morgan fingerprint density at radius 1 is 1.20 bits per heavy atom. The zero-order chi connectivity index (χ0) is 23.1. The third kappa shape index (κ3) is 9.12. The summed E-state index contributed by atoms with van der Waals surface area (Å²) >= 11 is 0. The molecule has 1 fully saturated rings. The molecule has 0 amide bonds. The Bertz CT molecular complexity index is 713. The molecule has 0 radical (unpaired) electrons. The highest BCUT2D eigenvalue weighted by molar-refractivity contribution is 5.80. The molecular weight excluding hydrogens is 370 g/mol. The summed E-state index contributed by atoms with van der Waals surface area (Å²) in [5, 5.41) is 6.85. The Balaban J connectivity index is 0.000000648. The fourth-order valence-electron chi connectivity index (χ4n) is 3.05. The van der Waals surface area contributed by atoms with Crippen molar-refractivity contribution >= 4 is 23.4 Å². The molecule has 1 aromatic heterocycles. The van der Waals surface area contributed by atoms with Gasteiger partial charge in [-0.05, 0) is 45.3 Å². The lowest BCUT2D eigenvalue weighted by atomic mass is 10.2. The number of hydrogen-bond donors (Lipinski definition) is 2. The van der Waals surface area contributed by atoms with Crippen LogP contribution in [0.1, 0.15) is 53.2 Å². The first-order valence-electron chi connectivity index (χ1n) is 10.8. The van der Waals surface area contributed by atoms with E-state index in [0.717, 1.165) is 54.4 Å². The van der Waals surface area contributed by atoms with Gasteiger partial charge < -0.3 is 20.9 Å². The van der Waals surface area contributed by atoms with E-state index in [1.165, 1.54) is 19.1 Å². The van der Waals surface area contributed by atoms with E-state index in [0.29, 0.717) is 5.82 Å². The van der Waals surface area contributed by atoms with Crippen molar-refractivity contribution in [3.8, 4) is 0 Å². The average molecular weight is 412 g/mol. The maximum atomic E-state index is 6.85. The largest absolute Gasteiger partial charge is 0.384 e. The van der Waals surface area contributed by atoms with Crippen molar-refractivity contribution in [2.75, 3.05) is 36.8 Å². The zero-order valence-corrected chi connectivity index (χ0v) is 19.7. The second-order valence-electron chi connectivity index (χ2n) is 6.79. The molecule has 30 heavy (non-hydrogen) atoms. The predicted molar refractivity (Wildman–Crippen MR) is 135 cm³/mol. The van der Waals surface area contributed by atoms with Crippen LogP contribution in [0, 0.1) is 5.41 Å². The van der Waals surface area contributed by atoms with Crippen molar-refractivity contribution in [1.29, 1.82) is 5.41 Å². The molecule has 0 saturated carbocycles. The predicted octanol–water partition coefficient (Wildman–Crippen LogP) is 5.93. The minimum Gasteiger partial charge on any atom is -0.384 e. The van der Waals surface area contributed by atoms with Gasteiger partial charge in [0.15, 0.2) is 0 Å². The smallest absolute Gasteiger partial charge is 0.126 e. The number of aromatic nitrogens is 1. The monoisotopic (exact) mass is 411 g/mol. The van der Waals surface area contributed by atoms with Crippen molar-refractivity contribution in [3.05, 3.63) is 60.9 Å². The Morgan fingerprint density at radius 3 is 2.17 bits per heavy atom. The lowest BCUT2D eigenvalue weighted by Gasteiger charge is -2.24. The number of nitrogens with one attached hydrogen (secondary N) is 1.